The maximum absolute atomic E-state index is 6.32. The lowest BCUT2D eigenvalue weighted by Crippen LogP contribution is -2.50. The summed E-state index contributed by atoms with van der Waals surface area (Å²) in [5, 5.41) is 1.28. The monoisotopic (exact) mass is 334 g/mol. The summed E-state index contributed by atoms with van der Waals surface area (Å²) in [7, 11) is -2.22. The van der Waals surface area contributed by atoms with Crippen molar-refractivity contribution in [2.75, 3.05) is 0 Å². The average Bonchev–Trinajstić information content (AvgIpc) is 2.56. The van der Waals surface area contributed by atoms with Crippen LogP contribution in [-0.4, -0.2) is 32.2 Å². The molecule has 1 fully saturated rings. The molecule has 1 saturated heterocycles. The third kappa shape index (κ3) is 4.08. The molecular formula is C18H31BO3Si. The zero-order valence-electron chi connectivity index (χ0n) is 16.1. The summed E-state index contributed by atoms with van der Waals surface area (Å²) in [6.07, 6.45) is 0. The van der Waals surface area contributed by atoms with Crippen molar-refractivity contribution in [2.24, 2.45) is 0 Å². The van der Waals surface area contributed by atoms with Gasteiger partial charge in [-0.1, -0.05) is 24.3 Å². The highest BCUT2D eigenvalue weighted by molar-refractivity contribution is 6.84. The highest BCUT2D eigenvalue weighted by atomic mass is 28.4. The number of rotatable bonds is 3. The van der Waals surface area contributed by atoms with Crippen molar-refractivity contribution in [1.82, 2.24) is 0 Å². The Balaban J connectivity index is 2.18. The largest absolute Gasteiger partial charge is 0.494 e. The van der Waals surface area contributed by atoms with Crippen LogP contribution in [0.3, 0.4) is 0 Å². The van der Waals surface area contributed by atoms with E-state index in [9.17, 15) is 0 Å². The van der Waals surface area contributed by atoms with E-state index in [0.29, 0.717) is 0 Å². The van der Waals surface area contributed by atoms with Crippen molar-refractivity contribution in [3.8, 4) is 0 Å². The molecule has 0 spiro atoms. The molecule has 1 heterocycles. The highest BCUT2D eigenvalue weighted by Gasteiger charge is 2.51. The Kier molecular flexibility index (Phi) is 4.66. The van der Waals surface area contributed by atoms with E-state index in [0.717, 1.165) is 5.46 Å². The minimum Gasteiger partial charge on any atom is -0.408 e. The minimum atomic E-state index is -1.92. The normalized spacial score (nSPS) is 20.8. The Labute approximate surface area is 143 Å². The smallest absolute Gasteiger partial charge is 0.408 e. The maximum Gasteiger partial charge on any atom is 0.494 e. The van der Waals surface area contributed by atoms with Crippen LogP contribution in [0.4, 0.5) is 0 Å². The van der Waals surface area contributed by atoms with Crippen molar-refractivity contribution in [2.45, 2.75) is 78.4 Å². The van der Waals surface area contributed by atoms with Crippen LogP contribution in [-0.2, 0) is 13.7 Å². The topological polar surface area (TPSA) is 27.7 Å². The van der Waals surface area contributed by atoms with E-state index >= 15 is 0 Å². The van der Waals surface area contributed by atoms with Crippen molar-refractivity contribution < 1.29 is 13.7 Å². The first kappa shape index (κ1) is 18.7. The second kappa shape index (κ2) is 5.73. The average molecular weight is 334 g/mol. The SMILES string of the molecule is CC(C)(C)O[Si](C)(C)c1ccc(B2OC(C)(C)C(C)(C)O2)cc1. The van der Waals surface area contributed by atoms with E-state index < -0.39 is 8.32 Å². The Morgan fingerprint density at radius 1 is 0.913 bits per heavy atom. The fourth-order valence-electron chi connectivity index (χ4n) is 2.85. The van der Waals surface area contributed by atoms with Gasteiger partial charge in [0.05, 0.1) is 11.2 Å². The molecule has 0 aliphatic carbocycles. The second-order valence-corrected chi connectivity index (χ2v) is 12.7. The van der Waals surface area contributed by atoms with Gasteiger partial charge in [-0.05, 0) is 72.2 Å². The zero-order valence-corrected chi connectivity index (χ0v) is 17.1. The molecule has 1 aliphatic heterocycles. The predicted octanol–water partition coefficient (Wildman–Crippen LogP) is 3.21. The van der Waals surface area contributed by atoms with E-state index in [2.05, 4.69) is 85.8 Å². The van der Waals surface area contributed by atoms with Gasteiger partial charge in [0.2, 0.25) is 8.32 Å². The molecule has 1 aliphatic rings. The predicted molar refractivity (Wildman–Crippen MR) is 100 cm³/mol. The van der Waals surface area contributed by atoms with Gasteiger partial charge in [-0.15, -0.1) is 0 Å². The van der Waals surface area contributed by atoms with Gasteiger partial charge in [-0.25, -0.2) is 0 Å². The first-order valence-corrected chi connectivity index (χ1v) is 11.3. The standard InChI is InChI=1S/C18H31BO3Si/c1-16(2,3)22-23(8,9)15-12-10-14(11-13-15)19-20-17(4,5)18(6,7)21-19/h10-13H,1-9H3. The van der Waals surface area contributed by atoms with Gasteiger partial charge in [0.25, 0.3) is 0 Å². The Bertz CT molecular complexity index is 543. The molecular weight excluding hydrogens is 303 g/mol. The van der Waals surface area contributed by atoms with Gasteiger partial charge in [0, 0.05) is 5.60 Å². The van der Waals surface area contributed by atoms with Crippen molar-refractivity contribution in [1.29, 1.82) is 0 Å². The lowest BCUT2D eigenvalue weighted by atomic mass is 9.79. The molecule has 3 nitrogen and oxygen atoms in total. The number of benzene rings is 1. The zero-order chi connectivity index (χ0) is 17.7. The van der Waals surface area contributed by atoms with Crippen LogP contribution in [0.15, 0.2) is 24.3 Å². The van der Waals surface area contributed by atoms with E-state index in [1.54, 1.807) is 0 Å². The quantitative estimate of drug-likeness (QED) is 0.795. The summed E-state index contributed by atoms with van der Waals surface area (Å²) in [5.41, 5.74) is 0.326. The molecule has 1 aromatic rings. The van der Waals surface area contributed by atoms with Crippen LogP contribution < -0.4 is 10.6 Å². The van der Waals surface area contributed by atoms with Crippen molar-refractivity contribution in [3.63, 3.8) is 0 Å². The summed E-state index contributed by atoms with van der Waals surface area (Å²) in [4.78, 5) is 0. The van der Waals surface area contributed by atoms with E-state index in [1.165, 1.54) is 5.19 Å². The first-order valence-electron chi connectivity index (χ1n) is 8.40. The summed E-state index contributed by atoms with van der Waals surface area (Å²) in [6, 6.07) is 8.55. The molecule has 0 unspecified atom stereocenters. The van der Waals surface area contributed by atoms with Crippen LogP contribution in [0.2, 0.25) is 13.1 Å². The lowest BCUT2D eigenvalue weighted by molar-refractivity contribution is 0.00578. The molecule has 0 bridgehead atoms. The van der Waals surface area contributed by atoms with Crippen LogP contribution in [0.25, 0.3) is 0 Å². The number of hydrogen-bond donors (Lipinski definition) is 0. The third-order valence-corrected chi connectivity index (χ3v) is 7.54. The highest BCUT2D eigenvalue weighted by Crippen LogP contribution is 2.36. The van der Waals surface area contributed by atoms with Crippen LogP contribution in [0.5, 0.6) is 0 Å². The van der Waals surface area contributed by atoms with Crippen LogP contribution in [0, 0.1) is 0 Å². The van der Waals surface area contributed by atoms with Gasteiger partial charge >= 0.3 is 7.12 Å². The van der Waals surface area contributed by atoms with Crippen LogP contribution in [0.1, 0.15) is 48.5 Å². The number of hydrogen-bond acceptors (Lipinski definition) is 3. The van der Waals surface area contributed by atoms with E-state index in [-0.39, 0.29) is 23.9 Å². The van der Waals surface area contributed by atoms with E-state index in [1.807, 2.05) is 0 Å². The fourth-order valence-corrected chi connectivity index (χ4v) is 5.46. The molecule has 23 heavy (non-hydrogen) atoms. The second-order valence-electron chi connectivity index (χ2n) is 8.94. The van der Waals surface area contributed by atoms with Gasteiger partial charge < -0.3 is 13.7 Å². The third-order valence-electron chi connectivity index (χ3n) is 4.69. The lowest BCUT2D eigenvalue weighted by Gasteiger charge is -2.32. The molecule has 128 valence electrons. The van der Waals surface area contributed by atoms with Crippen LogP contribution >= 0.6 is 0 Å². The van der Waals surface area contributed by atoms with E-state index in [4.69, 9.17) is 13.7 Å². The summed E-state index contributed by atoms with van der Waals surface area (Å²) in [5.74, 6) is 0. The molecule has 0 N–H and O–H groups in total. The molecule has 0 radical (unpaired) electrons. The van der Waals surface area contributed by atoms with Gasteiger partial charge in [-0.2, -0.15) is 0 Å². The molecule has 0 atom stereocenters. The Hall–Kier alpha value is -0.618. The molecule has 5 heteroatoms. The van der Waals surface area contributed by atoms with Crippen molar-refractivity contribution in [3.05, 3.63) is 24.3 Å². The Morgan fingerprint density at radius 3 is 1.74 bits per heavy atom. The van der Waals surface area contributed by atoms with Gasteiger partial charge in [-0.3, -0.25) is 0 Å². The summed E-state index contributed by atoms with van der Waals surface area (Å²) in [6.45, 7) is 19.1. The van der Waals surface area contributed by atoms with Gasteiger partial charge in [0.1, 0.15) is 0 Å². The molecule has 2 rings (SSSR count). The Morgan fingerprint density at radius 2 is 1.35 bits per heavy atom. The minimum absolute atomic E-state index is 0.125. The molecule has 0 aromatic heterocycles. The first-order chi connectivity index (χ1) is 10.2. The molecule has 0 amide bonds. The molecule has 0 saturated carbocycles. The molecule has 1 aromatic carbocycles. The maximum atomic E-state index is 6.32. The van der Waals surface area contributed by atoms with Crippen molar-refractivity contribution >= 4 is 26.1 Å². The summed E-state index contributed by atoms with van der Waals surface area (Å²) < 4.78 is 18.5. The van der Waals surface area contributed by atoms with Gasteiger partial charge in [0.15, 0.2) is 0 Å². The fraction of sp³-hybridized carbons (Fsp3) is 0.667. The summed E-state index contributed by atoms with van der Waals surface area (Å²) >= 11 is 0.